The smallest absolute Gasteiger partial charge is 0.275 e. The summed E-state index contributed by atoms with van der Waals surface area (Å²) >= 11 is 1.21. The second-order valence-corrected chi connectivity index (χ2v) is 6.26. The standard InChI is InChI=1S/C16H17N5OS/c1-2-20-13-7-4-3-6-11(13)17-15(20)14-8-5-9-21(14)16(22)12-10-23-19-18-12/h3-4,6-7,10,14H,2,5,8-9H2,1H3. The van der Waals surface area contributed by atoms with Crippen LogP contribution in [0.5, 0.6) is 0 Å². The number of aromatic nitrogens is 4. The lowest BCUT2D eigenvalue weighted by Gasteiger charge is -2.24. The summed E-state index contributed by atoms with van der Waals surface area (Å²) in [5.41, 5.74) is 2.54. The molecule has 0 spiro atoms. The molecule has 6 nitrogen and oxygen atoms in total. The Labute approximate surface area is 137 Å². The molecule has 7 heteroatoms. The Morgan fingerprint density at radius 2 is 2.26 bits per heavy atom. The van der Waals surface area contributed by atoms with Crippen molar-refractivity contribution in [3.05, 3.63) is 41.2 Å². The molecule has 2 aromatic heterocycles. The van der Waals surface area contributed by atoms with Crippen molar-refractivity contribution in [2.45, 2.75) is 32.4 Å². The fourth-order valence-electron chi connectivity index (χ4n) is 3.36. The highest BCUT2D eigenvalue weighted by Crippen LogP contribution is 2.34. The second kappa shape index (κ2) is 5.73. The average molecular weight is 327 g/mol. The largest absolute Gasteiger partial charge is 0.327 e. The van der Waals surface area contributed by atoms with Crippen molar-refractivity contribution in [2.24, 2.45) is 0 Å². The van der Waals surface area contributed by atoms with E-state index in [0.717, 1.165) is 42.8 Å². The highest BCUT2D eigenvalue weighted by Gasteiger charge is 2.34. The molecule has 1 amide bonds. The summed E-state index contributed by atoms with van der Waals surface area (Å²) in [6.45, 7) is 3.70. The number of likely N-dealkylation sites (tertiary alicyclic amines) is 1. The molecule has 1 saturated heterocycles. The lowest BCUT2D eigenvalue weighted by Crippen LogP contribution is -2.32. The molecule has 1 aliphatic heterocycles. The van der Waals surface area contributed by atoms with E-state index in [1.807, 2.05) is 23.1 Å². The summed E-state index contributed by atoms with van der Waals surface area (Å²) in [4.78, 5) is 19.4. The zero-order valence-electron chi connectivity index (χ0n) is 12.8. The van der Waals surface area contributed by atoms with Gasteiger partial charge in [0.1, 0.15) is 5.82 Å². The number of hydrogen-bond donors (Lipinski definition) is 0. The molecule has 1 aliphatic rings. The summed E-state index contributed by atoms with van der Waals surface area (Å²) in [6, 6.07) is 8.14. The summed E-state index contributed by atoms with van der Waals surface area (Å²) in [5.74, 6) is 0.929. The molecule has 0 bridgehead atoms. The van der Waals surface area contributed by atoms with Crippen LogP contribution < -0.4 is 0 Å². The molecule has 0 aliphatic carbocycles. The van der Waals surface area contributed by atoms with E-state index in [-0.39, 0.29) is 11.9 Å². The average Bonchev–Trinajstić information content (AvgIpc) is 3.31. The van der Waals surface area contributed by atoms with E-state index in [1.54, 1.807) is 5.38 Å². The number of carbonyl (C=O) groups excluding carboxylic acids is 1. The third-order valence-corrected chi connectivity index (χ3v) is 4.90. The first-order chi connectivity index (χ1) is 11.3. The fourth-order valence-corrected chi connectivity index (χ4v) is 3.79. The van der Waals surface area contributed by atoms with Gasteiger partial charge in [-0.2, -0.15) is 0 Å². The second-order valence-electron chi connectivity index (χ2n) is 5.65. The van der Waals surface area contributed by atoms with Gasteiger partial charge in [0.15, 0.2) is 5.69 Å². The number of para-hydroxylation sites is 2. The van der Waals surface area contributed by atoms with Crippen molar-refractivity contribution in [1.82, 2.24) is 24.0 Å². The maximum Gasteiger partial charge on any atom is 0.275 e. The van der Waals surface area contributed by atoms with Gasteiger partial charge in [-0.3, -0.25) is 4.79 Å². The molecule has 0 radical (unpaired) electrons. The molecular weight excluding hydrogens is 310 g/mol. The van der Waals surface area contributed by atoms with Crippen molar-refractivity contribution in [1.29, 1.82) is 0 Å². The lowest BCUT2D eigenvalue weighted by atomic mass is 10.2. The number of carbonyl (C=O) groups is 1. The van der Waals surface area contributed by atoms with Gasteiger partial charge < -0.3 is 9.47 Å². The number of benzene rings is 1. The van der Waals surface area contributed by atoms with Gasteiger partial charge in [0, 0.05) is 18.5 Å². The van der Waals surface area contributed by atoms with Gasteiger partial charge in [-0.25, -0.2) is 4.98 Å². The third-order valence-electron chi connectivity index (χ3n) is 4.39. The Hall–Kier alpha value is -2.28. The SMILES string of the molecule is CCn1c(C2CCCN2C(=O)c2csnn2)nc2ccccc21. The van der Waals surface area contributed by atoms with Gasteiger partial charge in [-0.1, -0.05) is 16.6 Å². The molecule has 23 heavy (non-hydrogen) atoms. The molecule has 1 atom stereocenters. The van der Waals surface area contributed by atoms with Crippen molar-refractivity contribution >= 4 is 28.5 Å². The molecule has 3 heterocycles. The fraction of sp³-hybridized carbons (Fsp3) is 0.375. The minimum absolute atomic E-state index is 0.0107. The number of rotatable bonds is 3. The van der Waals surface area contributed by atoms with E-state index >= 15 is 0 Å². The van der Waals surface area contributed by atoms with Gasteiger partial charge in [0.2, 0.25) is 0 Å². The summed E-state index contributed by atoms with van der Waals surface area (Å²) in [6.07, 6.45) is 1.92. The van der Waals surface area contributed by atoms with Crippen LogP contribution in [0.3, 0.4) is 0 Å². The molecule has 1 fully saturated rings. The molecule has 0 N–H and O–H groups in total. The lowest BCUT2D eigenvalue weighted by molar-refractivity contribution is 0.0722. The Morgan fingerprint density at radius 3 is 3.04 bits per heavy atom. The number of amides is 1. The topological polar surface area (TPSA) is 63.9 Å². The number of fused-ring (bicyclic) bond motifs is 1. The maximum atomic E-state index is 12.7. The maximum absolute atomic E-state index is 12.7. The van der Waals surface area contributed by atoms with Gasteiger partial charge in [-0.15, -0.1) is 5.10 Å². The predicted molar refractivity (Wildman–Crippen MR) is 88.3 cm³/mol. The van der Waals surface area contributed by atoms with Crippen molar-refractivity contribution < 1.29 is 4.79 Å². The van der Waals surface area contributed by atoms with Crippen LogP contribution in [0.1, 0.15) is 42.1 Å². The molecule has 3 aromatic rings. The van der Waals surface area contributed by atoms with E-state index in [1.165, 1.54) is 11.5 Å². The first kappa shape index (κ1) is 14.3. The predicted octanol–water partition coefficient (Wildman–Crippen LogP) is 2.89. The summed E-state index contributed by atoms with van der Waals surface area (Å²) in [5, 5.41) is 5.63. The van der Waals surface area contributed by atoms with Crippen LogP contribution in [0, 0.1) is 0 Å². The molecule has 1 aromatic carbocycles. The normalized spacial score (nSPS) is 18.0. The number of imidazole rings is 1. The van der Waals surface area contributed by atoms with E-state index in [9.17, 15) is 4.79 Å². The Morgan fingerprint density at radius 1 is 1.39 bits per heavy atom. The summed E-state index contributed by atoms with van der Waals surface area (Å²) in [7, 11) is 0. The molecule has 118 valence electrons. The molecule has 0 saturated carbocycles. The molecule has 1 unspecified atom stereocenters. The zero-order valence-corrected chi connectivity index (χ0v) is 13.7. The number of aryl methyl sites for hydroxylation is 1. The Kier molecular flexibility index (Phi) is 3.57. The number of nitrogens with zero attached hydrogens (tertiary/aromatic N) is 5. The van der Waals surface area contributed by atoms with Crippen molar-refractivity contribution in [3.63, 3.8) is 0 Å². The van der Waals surface area contributed by atoms with E-state index < -0.39 is 0 Å². The third kappa shape index (κ3) is 2.31. The van der Waals surface area contributed by atoms with Crippen LogP contribution >= 0.6 is 11.5 Å². The van der Waals surface area contributed by atoms with Crippen LogP contribution in [0.4, 0.5) is 0 Å². The molecule has 4 rings (SSSR count). The van der Waals surface area contributed by atoms with Crippen LogP contribution in [0.15, 0.2) is 29.6 Å². The monoisotopic (exact) mass is 327 g/mol. The van der Waals surface area contributed by atoms with Crippen LogP contribution in [-0.4, -0.2) is 36.5 Å². The Bertz CT molecular complexity index is 841. The zero-order chi connectivity index (χ0) is 15.8. The van der Waals surface area contributed by atoms with Crippen molar-refractivity contribution in [3.8, 4) is 0 Å². The van der Waals surface area contributed by atoms with Crippen LogP contribution in [0.25, 0.3) is 11.0 Å². The first-order valence-corrected chi connectivity index (χ1v) is 8.66. The number of hydrogen-bond acceptors (Lipinski definition) is 5. The first-order valence-electron chi connectivity index (χ1n) is 7.82. The minimum atomic E-state index is -0.0454. The van der Waals surface area contributed by atoms with E-state index in [2.05, 4.69) is 27.1 Å². The van der Waals surface area contributed by atoms with Crippen molar-refractivity contribution in [2.75, 3.05) is 6.54 Å². The van der Waals surface area contributed by atoms with Gasteiger partial charge in [-0.05, 0) is 43.4 Å². The highest BCUT2D eigenvalue weighted by molar-refractivity contribution is 7.03. The highest BCUT2D eigenvalue weighted by atomic mass is 32.1. The minimum Gasteiger partial charge on any atom is -0.327 e. The van der Waals surface area contributed by atoms with E-state index in [4.69, 9.17) is 4.98 Å². The Balaban J connectivity index is 1.76. The van der Waals surface area contributed by atoms with E-state index in [0.29, 0.717) is 5.69 Å². The van der Waals surface area contributed by atoms with Crippen LogP contribution in [0.2, 0.25) is 0 Å². The quantitative estimate of drug-likeness (QED) is 0.742. The summed E-state index contributed by atoms with van der Waals surface area (Å²) < 4.78 is 6.02. The van der Waals surface area contributed by atoms with Gasteiger partial charge in [0.25, 0.3) is 5.91 Å². The van der Waals surface area contributed by atoms with Crippen LogP contribution in [-0.2, 0) is 6.54 Å². The van der Waals surface area contributed by atoms with Gasteiger partial charge >= 0.3 is 0 Å². The molecular formula is C16H17N5OS. The van der Waals surface area contributed by atoms with Gasteiger partial charge in [0.05, 0.1) is 17.1 Å².